The summed E-state index contributed by atoms with van der Waals surface area (Å²) in [6, 6.07) is 10.3. The van der Waals surface area contributed by atoms with Crippen molar-refractivity contribution in [1.82, 2.24) is 0 Å². The highest BCUT2D eigenvalue weighted by atomic mass is 19.4. The van der Waals surface area contributed by atoms with Gasteiger partial charge in [-0.2, -0.15) is 0 Å². The van der Waals surface area contributed by atoms with Gasteiger partial charge in [0.05, 0.1) is 12.7 Å². The molecule has 0 spiro atoms. The molecule has 0 saturated carbocycles. The molecular weight excluding hydrogens is 285 g/mol. The van der Waals surface area contributed by atoms with Crippen LogP contribution < -0.4 is 9.47 Å². The van der Waals surface area contributed by atoms with Crippen LogP contribution in [0.3, 0.4) is 0 Å². The molecule has 0 aliphatic carbocycles. The van der Waals surface area contributed by atoms with Gasteiger partial charge in [-0.1, -0.05) is 18.2 Å². The minimum Gasteiger partial charge on any atom is -0.496 e. The van der Waals surface area contributed by atoms with Crippen molar-refractivity contribution < 1.29 is 27.4 Å². The molecule has 0 aromatic heterocycles. The first-order valence-electron chi connectivity index (χ1n) is 5.92. The van der Waals surface area contributed by atoms with E-state index in [4.69, 9.17) is 4.74 Å². The normalized spacial score (nSPS) is 11.0. The molecule has 0 radical (unpaired) electrons. The van der Waals surface area contributed by atoms with Gasteiger partial charge in [0.2, 0.25) is 0 Å². The Hall–Kier alpha value is -2.50. The Labute approximate surface area is 118 Å². The van der Waals surface area contributed by atoms with E-state index in [9.17, 15) is 18.0 Å². The molecule has 0 amide bonds. The van der Waals surface area contributed by atoms with Crippen LogP contribution >= 0.6 is 0 Å². The van der Waals surface area contributed by atoms with Crippen molar-refractivity contribution in [3.05, 3.63) is 48.0 Å². The van der Waals surface area contributed by atoms with Gasteiger partial charge in [0.15, 0.2) is 6.29 Å². The van der Waals surface area contributed by atoms with E-state index < -0.39 is 6.36 Å². The van der Waals surface area contributed by atoms with Gasteiger partial charge in [-0.05, 0) is 35.4 Å². The molecule has 0 saturated heterocycles. The summed E-state index contributed by atoms with van der Waals surface area (Å²) in [7, 11) is 1.43. The third kappa shape index (κ3) is 3.75. The minimum atomic E-state index is -4.74. The summed E-state index contributed by atoms with van der Waals surface area (Å²) in [5.41, 5.74) is 1.41. The summed E-state index contributed by atoms with van der Waals surface area (Å²) in [6.07, 6.45) is -4.12. The Bertz CT molecular complexity index is 651. The predicted molar refractivity (Wildman–Crippen MR) is 70.5 cm³/mol. The zero-order valence-corrected chi connectivity index (χ0v) is 11.0. The standard InChI is InChI=1S/C15H11F3O3/c1-20-14-6-5-11(7-12(14)9-19)10-3-2-4-13(8-10)21-15(16,17)18/h2-9H,1H3. The molecule has 2 aromatic rings. The molecule has 0 atom stereocenters. The van der Waals surface area contributed by atoms with E-state index in [0.717, 1.165) is 0 Å². The number of methoxy groups -OCH3 is 1. The van der Waals surface area contributed by atoms with Crippen molar-refractivity contribution in [3.8, 4) is 22.6 Å². The third-order valence-electron chi connectivity index (χ3n) is 2.76. The van der Waals surface area contributed by atoms with E-state index in [0.29, 0.717) is 28.7 Å². The van der Waals surface area contributed by atoms with Crippen LogP contribution in [0.15, 0.2) is 42.5 Å². The quantitative estimate of drug-likeness (QED) is 0.798. The van der Waals surface area contributed by atoms with Crippen LogP contribution in [0, 0.1) is 0 Å². The van der Waals surface area contributed by atoms with Gasteiger partial charge < -0.3 is 9.47 Å². The molecular formula is C15H11F3O3. The van der Waals surface area contributed by atoms with Crippen molar-refractivity contribution in [1.29, 1.82) is 0 Å². The maximum Gasteiger partial charge on any atom is 0.573 e. The summed E-state index contributed by atoms with van der Waals surface area (Å²) >= 11 is 0. The van der Waals surface area contributed by atoms with Crippen LogP contribution in [-0.4, -0.2) is 19.8 Å². The van der Waals surface area contributed by atoms with Crippen LogP contribution in [0.1, 0.15) is 10.4 Å². The molecule has 0 aliphatic heterocycles. The average molecular weight is 296 g/mol. The lowest BCUT2D eigenvalue weighted by atomic mass is 10.0. The number of hydrogen-bond acceptors (Lipinski definition) is 3. The van der Waals surface area contributed by atoms with Crippen molar-refractivity contribution >= 4 is 6.29 Å². The van der Waals surface area contributed by atoms with Gasteiger partial charge in [0.25, 0.3) is 0 Å². The third-order valence-corrected chi connectivity index (χ3v) is 2.76. The first-order valence-corrected chi connectivity index (χ1v) is 5.92. The lowest BCUT2D eigenvalue weighted by Gasteiger charge is -2.11. The van der Waals surface area contributed by atoms with Gasteiger partial charge in [0, 0.05) is 0 Å². The zero-order chi connectivity index (χ0) is 15.5. The van der Waals surface area contributed by atoms with Crippen LogP contribution in [0.25, 0.3) is 11.1 Å². The molecule has 0 fully saturated rings. The van der Waals surface area contributed by atoms with E-state index >= 15 is 0 Å². The Morgan fingerprint density at radius 1 is 1.05 bits per heavy atom. The van der Waals surface area contributed by atoms with Crippen LogP contribution in [0.2, 0.25) is 0 Å². The van der Waals surface area contributed by atoms with E-state index in [-0.39, 0.29) is 5.75 Å². The Balaban J connectivity index is 2.38. The van der Waals surface area contributed by atoms with E-state index in [1.54, 1.807) is 24.3 Å². The fourth-order valence-electron chi connectivity index (χ4n) is 1.88. The van der Waals surface area contributed by atoms with Gasteiger partial charge in [-0.3, -0.25) is 4.79 Å². The molecule has 6 heteroatoms. The number of alkyl halides is 3. The molecule has 0 bridgehead atoms. The number of carbonyl (C=O) groups excluding carboxylic acids is 1. The molecule has 21 heavy (non-hydrogen) atoms. The van der Waals surface area contributed by atoms with Gasteiger partial charge >= 0.3 is 6.36 Å². The van der Waals surface area contributed by atoms with E-state index in [1.165, 1.54) is 25.3 Å². The topological polar surface area (TPSA) is 35.5 Å². The van der Waals surface area contributed by atoms with Crippen molar-refractivity contribution in [2.45, 2.75) is 6.36 Å². The summed E-state index contributed by atoms with van der Waals surface area (Å²) in [4.78, 5) is 11.0. The second-order valence-corrected chi connectivity index (χ2v) is 4.15. The van der Waals surface area contributed by atoms with Gasteiger partial charge in [-0.15, -0.1) is 13.2 Å². The zero-order valence-electron chi connectivity index (χ0n) is 11.0. The SMILES string of the molecule is COc1ccc(-c2cccc(OC(F)(F)F)c2)cc1C=O. The summed E-state index contributed by atoms with van der Waals surface area (Å²) in [5.74, 6) is 0.0833. The summed E-state index contributed by atoms with van der Waals surface area (Å²) < 4.78 is 45.5. The molecule has 3 nitrogen and oxygen atoms in total. The average Bonchev–Trinajstić information content (AvgIpc) is 2.45. The fourth-order valence-corrected chi connectivity index (χ4v) is 1.88. The molecule has 0 heterocycles. The minimum absolute atomic E-state index is 0.316. The smallest absolute Gasteiger partial charge is 0.496 e. The summed E-state index contributed by atoms with van der Waals surface area (Å²) in [5, 5.41) is 0. The Kier molecular flexibility index (Phi) is 4.16. The largest absolute Gasteiger partial charge is 0.573 e. The first-order chi connectivity index (χ1) is 9.93. The van der Waals surface area contributed by atoms with Gasteiger partial charge in [-0.25, -0.2) is 0 Å². The highest BCUT2D eigenvalue weighted by Crippen LogP contribution is 2.30. The number of rotatable bonds is 4. The van der Waals surface area contributed by atoms with Crippen LogP contribution in [0.4, 0.5) is 13.2 Å². The molecule has 2 aromatic carbocycles. The highest BCUT2D eigenvalue weighted by Gasteiger charge is 2.31. The van der Waals surface area contributed by atoms with E-state index in [1.807, 2.05) is 0 Å². The number of benzene rings is 2. The lowest BCUT2D eigenvalue weighted by Crippen LogP contribution is -2.17. The number of aldehydes is 1. The Morgan fingerprint density at radius 3 is 2.38 bits per heavy atom. The molecule has 2 rings (SSSR count). The maximum atomic E-state index is 12.2. The number of carbonyl (C=O) groups is 1. The number of halogens is 3. The van der Waals surface area contributed by atoms with Crippen molar-refractivity contribution in [3.63, 3.8) is 0 Å². The first kappa shape index (κ1) is 14.9. The predicted octanol–water partition coefficient (Wildman–Crippen LogP) is 4.07. The number of ether oxygens (including phenoxy) is 2. The van der Waals surface area contributed by atoms with E-state index in [2.05, 4.69) is 4.74 Å². The van der Waals surface area contributed by atoms with Crippen molar-refractivity contribution in [2.24, 2.45) is 0 Å². The van der Waals surface area contributed by atoms with Crippen LogP contribution in [-0.2, 0) is 0 Å². The highest BCUT2D eigenvalue weighted by molar-refractivity contribution is 5.83. The second kappa shape index (κ2) is 5.87. The van der Waals surface area contributed by atoms with Crippen molar-refractivity contribution in [2.75, 3.05) is 7.11 Å². The molecule has 0 N–H and O–H groups in total. The molecule has 110 valence electrons. The monoisotopic (exact) mass is 296 g/mol. The van der Waals surface area contributed by atoms with Gasteiger partial charge in [0.1, 0.15) is 11.5 Å². The molecule has 0 unspecified atom stereocenters. The number of hydrogen-bond donors (Lipinski definition) is 0. The summed E-state index contributed by atoms with van der Waals surface area (Å²) in [6.45, 7) is 0. The fraction of sp³-hybridized carbons (Fsp3) is 0.133. The molecule has 0 aliphatic rings. The van der Waals surface area contributed by atoms with Crippen LogP contribution in [0.5, 0.6) is 11.5 Å². The second-order valence-electron chi connectivity index (χ2n) is 4.15. The Morgan fingerprint density at radius 2 is 1.76 bits per heavy atom. The lowest BCUT2D eigenvalue weighted by molar-refractivity contribution is -0.274. The maximum absolute atomic E-state index is 12.2.